The number of hydrazine groups is 1. The first-order valence-corrected chi connectivity index (χ1v) is 11.0. The summed E-state index contributed by atoms with van der Waals surface area (Å²) in [5, 5.41) is 11.8. The Kier molecular flexibility index (Phi) is 5.53. The third kappa shape index (κ3) is 4.32. The zero-order valence-corrected chi connectivity index (χ0v) is 17.5. The molecule has 0 atom stereocenters. The molecule has 1 aromatic heterocycles. The molecule has 0 radical (unpaired) electrons. The molecule has 0 bridgehead atoms. The number of nitro groups is 1. The highest BCUT2D eigenvalue weighted by Crippen LogP contribution is 2.34. The van der Waals surface area contributed by atoms with Crippen LogP contribution in [0.5, 0.6) is 0 Å². The lowest BCUT2D eigenvalue weighted by Crippen LogP contribution is -2.33. The van der Waals surface area contributed by atoms with Gasteiger partial charge in [-0.2, -0.15) is 0 Å². The van der Waals surface area contributed by atoms with E-state index in [0.717, 1.165) is 17.5 Å². The van der Waals surface area contributed by atoms with Gasteiger partial charge in [0.25, 0.3) is 10.0 Å². The average Bonchev–Trinajstić information content (AvgIpc) is 2.77. The maximum Gasteiger partial charge on any atom is 0.354 e. The summed E-state index contributed by atoms with van der Waals surface area (Å²) in [6.45, 7) is 2.85. The molecule has 0 saturated carbocycles. The van der Waals surface area contributed by atoms with Crippen LogP contribution in [0.4, 0.5) is 17.3 Å². The predicted molar refractivity (Wildman–Crippen MR) is 115 cm³/mol. The molecule has 0 saturated heterocycles. The molecule has 0 fully saturated rings. The Morgan fingerprint density at radius 2 is 1.77 bits per heavy atom. The van der Waals surface area contributed by atoms with Gasteiger partial charge in [-0.25, -0.2) is 18.4 Å². The number of anilines is 2. The minimum absolute atomic E-state index is 0.0233. The van der Waals surface area contributed by atoms with Crippen LogP contribution in [0.2, 0.25) is 0 Å². The maximum absolute atomic E-state index is 12.5. The van der Waals surface area contributed by atoms with Crippen LogP contribution in [-0.4, -0.2) is 29.9 Å². The van der Waals surface area contributed by atoms with Crippen LogP contribution in [0.15, 0.2) is 59.8 Å². The molecule has 0 aliphatic carbocycles. The summed E-state index contributed by atoms with van der Waals surface area (Å²) in [6, 6.07) is 14.1. The van der Waals surface area contributed by atoms with Gasteiger partial charge in [0.15, 0.2) is 0 Å². The lowest BCUT2D eigenvalue weighted by Gasteiger charge is -2.29. The SMILES string of the molecule is Cc1ccc(S(=O)(=O)NNc2ncnc(N3CCc4ccccc4C3)c2[N+](=O)[O-])cc1. The Labute approximate surface area is 179 Å². The van der Waals surface area contributed by atoms with E-state index >= 15 is 0 Å². The van der Waals surface area contributed by atoms with Crippen LogP contribution in [0.3, 0.4) is 0 Å². The van der Waals surface area contributed by atoms with E-state index in [-0.39, 0.29) is 16.5 Å². The number of nitrogens with zero attached hydrogens (tertiary/aromatic N) is 4. The number of aromatic nitrogens is 2. The Balaban J connectivity index is 1.61. The van der Waals surface area contributed by atoms with Gasteiger partial charge in [0.1, 0.15) is 6.33 Å². The van der Waals surface area contributed by atoms with Crippen LogP contribution in [0.1, 0.15) is 16.7 Å². The van der Waals surface area contributed by atoms with Gasteiger partial charge in [-0.15, -0.1) is 4.83 Å². The number of nitrogens with one attached hydrogen (secondary N) is 2. The van der Waals surface area contributed by atoms with Crippen molar-refractivity contribution in [3.8, 4) is 0 Å². The summed E-state index contributed by atoms with van der Waals surface area (Å²) in [6.07, 6.45) is 1.89. The minimum atomic E-state index is -3.95. The molecule has 2 aromatic carbocycles. The van der Waals surface area contributed by atoms with Gasteiger partial charge in [-0.1, -0.05) is 42.0 Å². The molecule has 1 aliphatic heterocycles. The topological polar surface area (TPSA) is 130 Å². The fraction of sp³-hybridized carbons (Fsp3) is 0.200. The number of sulfonamides is 1. The van der Waals surface area contributed by atoms with E-state index < -0.39 is 20.6 Å². The van der Waals surface area contributed by atoms with Crippen molar-refractivity contribution in [2.24, 2.45) is 0 Å². The van der Waals surface area contributed by atoms with Gasteiger partial charge in [0.05, 0.1) is 9.82 Å². The average molecular weight is 440 g/mol. The largest absolute Gasteiger partial charge is 0.354 e. The molecule has 0 unspecified atom stereocenters. The van der Waals surface area contributed by atoms with Crippen molar-refractivity contribution >= 4 is 27.3 Å². The van der Waals surface area contributed by atoms with E-state index in [2.05, 4.69) is 20.2 Å². The molecule has 160 valence electrons. The number of rotatable bonds is 6. The van der Waals surface area contributed by atoms with Crippen molar-refractivity contribution in [3.63, 3.8) is 0 Å². The summed E-state index contributed by atoms with van der Waals surface area (Å²) in [4.78, 5) is 23.2. The summed E-state index contributed by atoms with van der Waals surface area (Å²) >= 11 is 0. The summed E-state index contributed by atoms with van der Waals surface area (Å²) in [5.41, 5.74) is 5.16. The second-order valence-electron chi connectivity index (χ2n) is 7.14. The van der Waals surface area contributed by atoms with Crippen molar-refractivity contribution in [1.29, 1.82) is 0 Å². The zero-order chi connectivity index (χ0) is 22.0. The highest BCUT2D eigenvalue weighted by Gasteiger charge is 2.29. The minimum Gasteiger partial charge on any atom is -0.346 e. The van der Waals surface area contributed by atoms with Gasteiger partial charge in [0.2, 0.25) is 11.6 Å². The van der Waals surface area contributed by atoms with E-state index in [0.29, 0.717) is 13.1 Å². The van der Waals surface area contributed by atoms with Crippen LogP contribution < -0.4 is 15.2 Å². The predicted octanol–water partition coefficient (Wildman–Crippen LogP) is 2.56. The third-order valence-electron chi connectivity index (χ3n) is 5.05. The van der Waals surface area contributed by atoms with Crippen molar-refractivity contribution in [2.75, 3.05) is 16.9 Å². The number of fused-ring (bicyclic) bond motifs is 1. The molecule has 3 aromatic rings. The number of hydrogen-bond acceptors (Lipinski definition) is 8. The van der Waals surface area contributed by atoms with E-state index in [1.165, 1.54) is 24.0 Å². The van der Waals surface area contributed by atoms with E-state index in [1.54, 1.807) is 17.0 Å². The lowest BCUT2D eigenvalue weighted by atomic mass is 10.00. The second kappa shape index (κ2) is 8.28. The highest BCUT2D eigenvalue weighted by molar-refractivity contribution is 7.89. The van der Waals surface area contributed by atoms with Crippen LogP contribution in [-0.2, 0) is 23.0 Å². The first-order valence-electron chi connectivity index (χ1n) is 9.51. The first-order chi connectivity index (χ1) is 14.8. The normalized spacial score (nSPS) is 13.5. The van der Waals surface area contributed by atoms with Crippen LogP contribution >= 0.6 is 0 Å². The molecule has 4 rings (SSSR count). The van der Waals surface area contributed by atoms with Gasteiger partial charge in [-0.05, 0) is 36.6 Å². The van der Waals surface area contributed by atoms with Gasteiger partial charge in [-0.3, -0.25) is 15.5 Å². The maximum atomic E-state index is 12.5. The molecule has 11 heteroatoms. The monoisotopic (exact) mass is 440 g/mol. The fourth-order valence-electron chi connectivity index (χ4n) is 3.43. The molecule has 2 N–H and O–H groups in total. The van der Waals surface area contributed by atoms with Crippen LogP contribution in [0, 0.1) is 17.0 Å². The Morgan fingerprint density at radius 1 is 1.06 bits per heavy atom. The van der Waals surface area contributed by atoms with Crippen molar-refractivity contribution in [1.82, 2.24) is 14.8 Å². The molecular weight excluding hydrogens is 420 g/mol. The van der Waals surface area contributed by atoms with Gasteiger partial charge in [0, 0.05) is 13.1 Å². The Bertz CT molecular complexity index is 1230. The molecule has 0 spiro atoms. The van der Waals surface area contributed by atoms with Gasteiger partial charge < -0.3 is 4.90 Å². The summed E-state index contributed by atoms with van der Waals surface area (Å²) < 4.78 is 25.0. The summed E-state index contributed by atoms with van der Waals surface area (Å²) in [5.74, 6) is -0.101. The molecule has 1 aliphatic rings. The van der Waals surface area contributed by atoms with E-state index in [4.69, 9.17) is 0 Å². The molecule has 10 nitrogen and oxygen atoms in total. The quantitative estimate of drug-likeness (QED) is 0.442. The number of aryl methyl sites for hydroxylation is 1. The number of hydrogen-bond donors (Lipinski definition) is 2. The molecular formula is C20H20N6O4S. The molecule has 31 heavy (non-hydrogen) atoms. The molecule has 2 heterocycles. The molecule has 0 amide bonds. The lowest BCUT2D eigenvalue weighted by molar-refractivity contribution is -0.383. The van der Waals surface area contributed by atoms with Gasteiger partial charge >= 0.3 is 5.69 Å². The Hall–Kier alpha value is -3.57. The first kappa shape index (κ1) is 20.7. The van der Waals surface area contributed by atoms with E-state index in [1.807, 2.05) is 31.2 Å². The number of benzene rings is 2. The summed E-state index contributed by atoms with van der Waals surface area (Å²) in [7, 11) is -3.95. The Morgan fingerprint density at radius 3 is 2.48 bits per heavy atom. The van der Waals surface area contributed by atoms with E-state index in [9.17, 15) is 18.5 Å². The van der Waals surface area contributed by atoms with Crippen molar-refractivity contribution in [2.45, 2.75) is 24.8 Å². The second-order valence-corrected chi connectivity index (χ2v) is 8.82. The van der Waals surface area contributed by atoms with Crippen LogP contribution in [0.25, 0.3) is 0 Å². The standard InChI is InChI=1S/C20H20N6O4S/c1-14-6-8-17(9-7-14)31(29,30)24-23-19-18(26(27)28)20(22-13-21-19)25-11-10-15-4-2-3-5-16(15)12-25/h2-9,13,24H,10-12H2,1H3,(H,21,22,23). The smallest absolute Gasteiger partial charge is 0.346 e. The highest BCUT2D eigenvalue weighted by atomic mass is 32.2. The van der Waals surface area contributed by atoms with Crippen molar-refractivity contribution < 1.29 is 13.3 Å². The third-order valence-corrected chi connectivity index (χ3v) is 6.31. The zero-order valence-electron chi connectivity index (χ0n) is 16.6. The fourth-order valence-corrected chi connectivity index (χ4v) is 4.27. The van der Waals surface area contributed by atoms with Crippen molar-refractivity contribution in [3.05, 3.63) is 81.7 Å².